The maximum absolute atomic E-state index is 5.82. The van der Waals surface area contributed by atoms with E-state index in [2.05, 4.69) is 28.9 Å². The van der Waals surface area contributed by atoms with Crippen LogP contribution in [0.4, 0.5) is 5.82 Å². The highest BCUT2D eigenvalue weighted by Crippen LogP contribution is 2.20. The van der Waals surface area contributed by atoms with E-state index in [1.54, 1.807) is 0 Å². The van der Waals surface area contributed by atoms with Crippen LogP contribution in [0.3, 0.4) is 0 Å². The number of nitrogens with zero attached hydrogens (tertiary/aromatic N) is 2. The monoisotopic (exact) mass is 235 g/mol. The van der Waals surface area contributed by atoms with Crippen molar-refractivity contribution >= 4 is 5.82 Å². The maximum atomic E-state index is 5.82. The van der Waals surface area contributed by atoms with Crippen LogP contribution in [0.15, 0.2) is 18.3 Å². The number of ether oxygens (including phenoxy) is 1. The fourth-order valence-corrected chi connectivity index (χ4v) is 2.13. The number of morpholine rings is 1. The summed E-state index contributed by atoms with van der Waals surface area (Å²) in [6, 6.07) is 4.61. The smallest absolute Gasteiger partial charge is 0.128 e. The Balaban J connectivity index is 2.15. The Labute approximate surface area is 103 Å². The first-order valence-corrected chi connectivity index (χ1v) is 6.28. The summed E-state index contributed by atoms with van der Waals surface area (Å²) >= 11 is 0. The summed E-state index contributed by atoms with van der Waals surface area (Å²) < 4.78 is 5.50. The molecule has 1 fully saturated rings. The Morgan fingerprint density at radius 3 is 3.00 bits per heavy atom. The molecule has 2 N–H and O–H groups in total. The molecule has 1 saturated heterocycles. The molecule has 1 aromatic heterocycles. The van der Waals surface area contributed by atoms with Gasteiger partial charge in [0.1, 0.15) is 5.82 Å². The van der Waals surface area contributed by atoms with E-state index in [9.17, 15) is 0 Å². The third-order valence-electron chi connectivity index (χ3n) is 3.29. The van der Waals surface area contributed by atoms with Gasteiger partial charge in [0.2, 0.25) is 0 Å². The van der Waals surface area contributed by atoms with E-state index in [4.69, 9.17) is 10.5 Å². The van der Waals surface area contributed by atoms with Gasteiger partial charge in [-0.05, 0) is 25.0 Å². The average Bonchev–Trinajstić information content (AvgIpc) is 2.39. The molecule has 2 atom stereocenters. The zero-order chi connectivity index (χ0) is 12.3. The molecule has 17 heavy (non-hydrogen) atoms. The van der Waals surface area contributed by atoms with Crippen molar-refractivity contribution in [2.24, 2.45) is 5.73 Å². The average molecular weight is 235 g/mol. The van der Waals surface area contributed by atoms with Crippen LogP contribution in [0.1, 0.15) is 31.9 Å². The van der Waals surface area contributed by atoms with Crippen molar-refractivity contribution in [3.8, 4) is 0 Å². The van der Waals surface area contributed by atoms with Gasteiger partial charge >= 0.3 is 0 Å². The predicted octanol–water partition coefficient (Wildman–Crippen LogP) is 1.72. The van der Waals surface area contributed by atoms with Gasteiger partial charge in [-0.25, -0.2) is 4.98 Å². The van der Waals surface area contributed by atoms with E-state index in [0.717, 1.165) is 37.6 Å². The molecule has 2 rings (SSSR count). The second kappa shape index (κ2) is 5.47. The van der Waals surface area contributed by atoms with Gasteiger partial charge in [0.05, 0.1) is 19.3 Å². The Hall–Kier alpha value is -1.13. The van der Waals surface area contributed by atoms with Crippen LogP contribution in [-0.4, -0.2) is 30.8 Å². The molecular weight excluding hydrogens is 214 g/mol. The number of nitrogens with two attached hydrogens (primary N) is 1. The Morgan fingerprint density at radius 1 is 1.59 bits per heavy atom. The van der Waals surface area contributed by atoms with E-state index in [-0.39, 0.29) is 6.04 Å². The Bertz CT molecular complexity index is 350. The number of hydrogen-bond donors (Lipinski definition) is 1. The third kappa shape index (κ3) is 2.76. The first kappa shape index (κ1) is 12.3. The van der Waals surface area contributed by atoms with Gasteiger partial charge in [-0.3, -0.25) is 0 Å². The number of pyridine rings is 1. The van der Waals surface area contributed by atoms with Crippen LogP contribution >= 0.6 is 0 Å². The van der Waals surface area contributed by atoms with Crippen molar-refractivity contribution in [1.82, 2.24) is 4.98 Å². The zero-order valence-electron chi connectivity index (χ0n) is 10.6. The van der Waals surface area contributed by atoms with E-state index in [0.29, 0.717) is 6.04 Å². The molecule has 1 aliphatic rings. The SMILES string of the molecule is CCC1COCCN1c1ccc(C(C)N)cn1. The molecule has 0 spiro atoms. The van der Waals surface area contributed by atoms with Crippen molar-refractivity contribution in [3.63, 3.8) is 0 Å². The molecule has 0 amide bonds. The van der Waals surface area contributed by atoms with Gasteiger partial charge in [0.25, 0.3) is 0 Å². The molecule has 0 aromatic carbocycles. The van der Waals surface area contributed by atoms with Crippen LogP contribution in [-0.2, 0) is 4.74 Å². The van der Waals surface area contributed by atoms with E-state index in [1.807, 2.05) is 13.1 Å². The Morgan fingerprint density at radius 2 is 2.41 bits per heavy atom. The summed E-state index contributed by atoms with van der Waals surface area (Å²) in [5.41, 5.74) is 6.90. The van der Waals surface area contributed by atoms with Crippen molar-refractivity contribution in [2.75, 3.05) is 24.7 Å². The minimum absolute atomic E-state index is 0.0446. The molecule has 1 aliphatic heterocycles. The fourth-order valence-electron chi connectivity index (χ4n) is 2.13. The normalized spacial score (nSPS) is 22.5. The van der Waals surface area contributed by atoms with Crippen molar-refractivity contribution in [2.45, 2.75) is 32.4 Å². The summed E-state index contributed by atoms with van der Waals surface area (Å²) in [6.45, 7) is 6.66. The van der Waals surface area contributed by atoms with Crippen LogP contribution in [0.25, 0.3) is 0 Å². The lowest BCUT2D eigenvalue weighted by molar-refractivity contribution is 0.0925. The van der Waals surface area contributed by atoms with Crippen molar-refractivity contribution in [3.05, 3.63) is 23.9 Å². The molecule has 94 valence electrons. The summed E-state index contributed by atoms with van der Waals surface area (Å²) in [6.07, 6.45) is 2.96. The zero-order valence-corrected chi connectivity index (χ0v) is 10.6. The first-order chi connectivity index (χ1) is 8.22. The lowest BCUT2D eigenvalue weighted by Gasteiger charge is -2.36. The van der Waals surface area contributed by atoms with Crippen molar-refractivity contribution in [1.29, 1.82) is 0 Å². The third-order valence-corrected chi connectivity index (χ3v) is 3.29. The molecule has 4 heteroatoms. The molecule has 4 nitrogen and oxygen atoms in total. The molecule has 1 aromatic rings. The summed E-state index contributed by atoms with van der Waals surface area (Å²) in [4.78, 5) is 6.84. The van der Waals surface area contributed by atoms with Gasteiger partial charge in [-0.15, -0.1) is 0 Å². The topological polar surface area (TPSA) is 51.4 Å². The number of anilines is 1. The Kier molecular flexibility index (Phi) is 3.97. The van der Waals surface area contributed by atoms with Gasteiger partial charge in [-0.2, -0.15) is 0 Å². The van der Waals surface area contributed by atoms with E-state index in [1.165, 1.54) is 0 Å². The molecule has 2 heterocycles. The minimum Gasteiger partial charge on any atom is -0.377 e. The summed E-state index contributed by atoms with van der Waals surface area (Å²) in [5, 5.41) is 0. The molecule has 0 saturated carbocycles. The van der Waals surface area contributed by atoms with Crippen LogP contribution in [0.2, 0.25) is 0 Å². The van der Waals surface area contributed by atoms with Gasteiger partial charge in [0, 0.05) is 18.8 Å². The highest BCUT2D eigenvalue weighted by molar-refractivity contribution is 5.41. The lowest BCUT2D eigenvalue weighted by atomic mass is 10.1. The van der Waals surface area contributed by atoms with Crippen molar-refractivity contribution < 1.29 is 4.74 Å². The second-order valence-electron chi connectivity index (χ2n) is 4.57. The van der Waals surface area contributed by atoms with Crippen LogP contribution in [0, 0.1) is 0 Å². The predicted molar refractivity (Wildman–Crippen MR) is 69.1 cm³/mol. The summed E-state index contributed by atoms with van der Waals surface area (Å²) in [7, 11) is 0. The highest BCUT2D eigenvalue weighted by Gasteiger charge is 2.22. The standard InChI is InChI=1S/C13H21N3O/c1-3-12-9-17-7-6-16(12)13-5-4-11(8-15-13)10(2)14/h4-5,8,10,12H,3,6-7,9,14H2,1-2H3. The molecule has 2 unspecified atom stereocenters. The molecule has 0 aliphatic carbocycles. The van der Waals surface area contributed by atoms with Gasteiger partial charge < -0.3 is 15.4 Å². The number of aromatic nitrogens is 1. The number of rotatable bonds is 3. The van der Waals surface area contributed by atoms with Crippen LogP contribution in [0.5, 0.6) is 0 Å². The minimum atomic E-state index is 0.0446. The van der Waals surface area contributed by atoms with Gasteiger partial charge in [0.15, 0.2) is 0 Å². The lowest BCUT2D eigenvalue weighted by Crippen LogP contribution is -2.45. The number of hydrogen-bond acceptors (Lipinski definition) is 4. The second-order valence-corrected chi connectivity index (χ2v) is 4.57. The van der Waals surface area contributed by atoms with E-state index < -0.39 is 0 Å². The molecular formula is C13H21N3O. The molecule has 0 radical (unpaired) electrons. The summed E-state index contributed by atoms with van der Waals surface area (Å²) in [5.74, 6) is 1.03. The van der Waals surface area contributed by atoms with Crippen LogP contribution < -0.4 is 10.6 Å². The fraction of sp³-hybridized carbons (Fsp3) is 0.615. The quantitative estimate of drug-likeness (QED) is 0.866. The molecule has 0 bridgehead atoms. The first-order valence-electron chi connectivity index (χ1n) is 6.28. The highest BCUT2D eigenvalue weighted by atomic mass is 16.5. The largest absolute Gasteiger partial charge is 0.377 e. The maximum Gasteiger partial charge on any atom is 0.128 e. The van der Waals surface area contributed by atoms with Gasteiger partial charge in [-0.1, -0.05) is 13.0 Å². The van der Waals surface area contributed by atoms with E-state index >= 15 is 0 Å².